The van der Waals surface area contributed by atoms with Crippen LogP contribution in [0.2, 0.25) is 5.02 Å². The third kappa shape index (κ3) is 3.93. The highest BCUT2D eigenvalue weighted by molar-refractivity contribution is 6.31. The average molecular weight is 315 g/mol. The van der Waals surface area contributed by atoms with Gasteiger partial charge in [0.1, 0.15) is 5.82 Å². The van der Waals surface area contributed by atoms with Crippen molar-refractivity contribution in [2.75, 3.05) is 33.9 Å². The zero-order valence-electron chi connectivity index (χ0n) is 12.2. The van der Waals surface area contributed by atoms with E-state index in [2.05, 4.69) is 10.2 Å². The fourth-order valence-corrected chi connectivity index (χ4v) is 3.07. The number of methoxy groups -OCH3 is 1. The van der Waals surface area contributed by atoms with Crippen molar-refractivity contribution < 1.29 is 13.9 Å². The number of carbonyl (C=O) groups is 1. The quantitative estimate of drug-likeness (QED) is 0.903. The lowest BCUT2D eigenvalue weighted by atomic mass is 9.96. The highest BCUT2D eigenvalue weighted by Gasteiger charge is 2.37. The minimum absolute atomic E-state index is 0.0322. The van der Waals surface area contributed by atoms with Gasteiger partial charge >= 0.3 is 0 Å². The van der Waals surface area contributed by atoms with E-state index in [9.17, 15) is 9.18 Å². The third-order valence-corrected chi connectivity index (χ3v) is 4.24. The van der Waals surface area contributed by atoms with E-state index in [4.69, 9.17) is 16.3 Å². The van der Waals surface area contributed by atoms with E-state index in [1.807, 2.05) is 0 Å². The van der Waals surface area contributed by atoms with E-state index in [1.165, 1.54) is 12.1 Å². The van der Waals surface area contributed by atoms with E-state index in [-0.39, 0.29) is 23.6 Å². The molecule has 21 heavy (non-hydrogen) atoms. The number of rotatable bonds is 5. The van der Waals surface area contributed by atoms with Gasteiger partial charge in [0.15, 0.2) is 0 Å². The van der Waals surface area contributed by atoms with Crippen LogP contribution < -0.4 is 5.32 Å². The van der Waals surface area contributed by atoms with Crippen LogP contribution in [-0.2, 0) is 16.1 Å². The van der Waals surface area contributed by atoms with Crippen LogP contribution in [-0.4, -0.2) is 44.7 Å². The lowest BCUT2D eigenvalue weighted by molar-refractivity contribution is -0.125. The van der Waals surface area contributed by atoms with Gasteiger partial charge in [0, 0.05) is 44.7 Å². The maximum absolute atomic E-state index is 13.1. The maximum atomic E-state index is 13.1. The largest absolute Gasteiger partial charge is 0.384 e. The summed E-state index contributed by atoms with van der Waals surface area (Å²) < 4.78 is 18.3. The number of hydrogen-bond donors (Lipinski definition) is 1. The second-order valence-electron chi connectivity index (χ2n) is 5.37. The highest BCUT2D eigenvalue weighted by atomic mass is 35.5. The van der Waals surface area contributed by atoms with Gasteiger partial charge in [-0.25, -0.2) is 4.39 Å². The van der Waals surface area contributed by atoms with E-state index in [1.54, 1.807) is 20.2 Å². The van der Waals surface area contributed by atoms with Crippen molar-refractivity contribution in [3.8, 4) is 0 Å². The van der Waals surface area contributed by atoms with Crippen LogP contribution in [0.4, 0.5) is 4.39 Å². The van der Waals surface area contributed by atoms with Crippen molar-refractivity contribution in [3.63, 3.8) is 0 Å². The lowest BCUT2D eigenvalue weighted by Gasteiger charge is -2.16. The summed E-state index contributed by atoms with van der Waals surface area (Å²) in [5.74, 6) is -0.237. The van der Waals surface area contributed by atoms with E-state index in [0.29, 0.717) is 24.7 Å². The van der Waals surface area contributed by atoms with Gasteiger partial charge in [0.25, 0.3) is 0 Å². The number of benzene rings is 1. The first kappa shape index (κ1) is 16.2. The van der Waals surface area contributed by atoms with Gasteiger partial charge in [-0.2, -0.15) is 0 Å². The SMILES string of the molecule is CNC(=O)[C@@H]1CN(Cc2ccc(F)cc2Cl)C[C@H]1COC. The summed E-state index contributed by atoms with van der Waals surface area (Å²) >= 11 is 6.06. The van der Waals surface area contributed by atoms with Gasteiger partial charge in [0.2, 0.25) is 5.91 Å². The number of amides is 1. The highest BCUT2D eigenvalue weighted by Crippen LogP contribution is 2.27. The summed E-state index contributed by atoms with van der Waals surface area (Å²) in [5, 5.41) is 3.12. The maximum Gasteiger partial charge on any atom is 0.224 e. The smallest absolute Gasteiger partial charge is 0.224 e. The molecular formula is C15H20ClFN2O2. The van der Waals surface area contributed by atoms with Crippen molar-refractivity contribution in [1.82, 2.24) is 10.2 Å². The van der Waals surface area contributed by atoms with Crippen molar-refractivity contribution in [2.24, 2.45) is 11.8 Å². The van der Waals surface area contributed by atoms with Crippen LogP contribution in [0.1, 0.15) is 5.56 Å². The number of hydrogen-bond acceptors (Lipinski definition) is 3. The predicted octanol–water partition coefficient (Wildman–Crippen LogP) is 1.92. The molecule has 0 radical (unpaired) electrons. The van der Waals surface area contributed by atoms with Crippen LogP contribution in [0.3, 0.4) is 0 Å². The minimum atomic E-state index is -0.342. The number of nitrogens with zero attached hydrogens (tertiary/aromatic N) is 1. The molecule has 1 heterocycles. The van der Waals surface area contributed by atoms with Gasteiger partial charge in [-0.05, 0) is 17.7 Å². The third-order valence-electron chi connectivity index (χ3n) is 3.89. The number of ether oxygens (including phenoxy) is 1. The molecular weight excluding hydrogens is 295 g/mol. The monoisotopic (exact) mass is 314 g/mol. The zero-order valence-corrected chi connectivity index (χ0v) is 13.0. The Labute approximate surface area is 129 Å². The molecule has 0 spiro atoms. The van der Waals surface area contributed by atoms with E-state index in [0.717, 1.165) is 12.1 Å². The molecule has 2 atom stereocenters. The molecule has 2 rings (SSSR count). The molecule has 6 heteroatoms. The predicted molar refractivity (Wildman–Crippen MR) is 79.6 cm³/mol. The Balaban J connectivity index is 2.06. The Kier molecular flexibility index (Phi) is 5.56. The second kappa shape index (κ2) is 7.20. The number of likely N-dealkylation sites (tertiary alicyclic amines) is 1. The van der Waals surface area contributed by atoms with Crippen LogP contribution in [0.25, 0.3) is 0 Å². The summed E-state index contributed by atoms with van der Waals surface area (Å²) in [6.07, 6.45) is 0. The first-order valence-corrected chi connectivity index (χ1v) is 7.29. The van der Waals surface area contributed by atoms with Crippen LogP contribution in [0.15, 0.2) is 18.2 Å². The van der Waals surface area contributed by atoms with E-state index < -0.39 is 0 Å². The van der Waals surface area contributed by atoms with Gasteiger partial charge in [0.05, 0.1) is 12.5 Å². The molecule has 1 aliphatic heterocycles. The normalized spacial score (nSPS) is 22.5. The zero-order chi connectivity index (χ0) is 15.4. The second-order valence-corrected chi connectivity index (χ2v) is 5.77. The van der Waals surface area contributed by atoms with Crippen molar-refractivity contribution in [3.05, 3.63) is 34.6 Å². The topological polar surface area (TPSA) is 41.6 Å². The summed E-state index contributed by atoms with van der Waals surface area (Å²) in [4.78, 5) is 14.1. The molecule has 0 saturated carbocycles. The molecule has 1 amide bonds. The number of halogens is 2. The van der Waals surface area contributed by atoms with Crippen molar-refractivity contribution in [2.45, 2.75) is 6.54 Å². The summed E-state index contributed by atoms with van der Waals surface area (Å²) in [7, 11) is 3.28. The van der Waals surface area contributed by atoms with Gasteiger partial charge in [-0.15, -0.1) is 0 Å². The van der Waals surface area contributed by atoms with Crippen molar-refractivity contribution in [1.29, 1.82) is 0 Å². The Morgan fingerprint density at radius 3 is 2.90 bits per heavy atom. The number of nitrogens with one attached hydrogen (secondary N) is 1. The summed E-state index contributed by atoms with van der Waals surface area (Å²) in [6.45, 7) is 2.57. The number of carbonyl (C=O) groups excluding carboxylic acids is 1. The summed E-state index contributed by atoms with van der Waals surface area (Å²) in [5.41, 5.74) is 0.867. The Hall–Kier alpha value is -1.17. The molecule has 116 valence electrons. The molecule has 1 aromatic carbocycles. The van der Waals surface area contributed by atoms with Gasteiger partial charge < -0.3 is 10.1 Å². The molecule has 1 aliphatic rings. The molecule has 0 aliphatic carbocycles. The Morgan fingerprint density at radius 1 is 1.52 bits per heavy atom. The lowest BCUT2D eigenvalue weighted by Crippen LogP contribution is -2.34. The molecule has 1 aromatic rings. The summed E-state index contributed by atoms with van der Waals surface area (Å²) in [6, 6.07) is 4.41. The molecule has 1 fully saturated rings. The molecule has 0 aromatic heterocycles. The molecule has 0 unspecified atom stereocenters. The van der Waals surface area contributed by atoms with Crippen LogP contribution in [0.5, 0.6) is 0 Å². The Bertz CT molecular complexity index is 512. The molecule has 4 nitrogen and oxygen atoms in total. The van der Waals surface area contributed by atoms with Gasteiger partial charge in [-0.1, -0.05) is 17.7 Å². The fourth-order valence-electron chi connectivity index (χ4n) is 2.85. The first-order valence-electron chi connectivity index (χ1n) is 6.92. The molecule has 1 N–H and O–H groups in total. The van der Waals surface area contributed by atoms with E-state index >= 15 is 0 Å². The average Bonchev–Trinajstić information content (AvgIpc) is 2.84. The molecule has 1 saturated heterocycles. The minimum Gasteiger partial charge on any atom is -0.384 e. The van der Waals surface area contributed by atoms with Crippen LogP contribution in [0, 0.1) is 17.7 Å². The Morgan fingerprint density at radius 2 is 2.29 bits per heavy atom. The molecule has 0 bridgehead atoms. The first-order chi connectivity index (χ1) is 10.0. The van der Waals surface area contributed by atoms with Crippen molar-refractivity contribution >= 4 is 17.5 Å². The van der Waals surface area contributed by atoms with Gasteiger partial charge in [-0.3, -0.25) is 9.69 Å². The fraction of sp³-hybridized carbons (Fsp3) is 0.533. The standard InChI is InChI=1S/C15H20ClFN2O2/c1-18-15(20)13-8-19(7-11(13)9-21-2)6-10-3-4-12(17)5-14(10)16/h3-5,11,13H,6-9H2,1-2H3,(H,18,20)/t11-,13+/m0/s1. The van der Waals surface area contributed by atoms with Crippen LogP contribution >= 0.6 is 11.6 Å².